The maximum atomic E-state index is 12.0. The summed E-state index contributed by atoms with van der Waals surface area (Å²) in [5.74, 6) is -0.113. The molecule has 1 aliphatic heterocycles. The zero-order valence-electron chi connectivity index (χ0n) is 11.4. The van der Waals surface area contributed by atoms with Gasteiger partial charge in [0.1, 0.15) is 5.75 Å². The molecule has 1 fully saturated rings. The number of likely N-dealkylation sites (tertiary alicyclic amines) is 1. The molecule has 0 saturated carbocycles. The van der Waals surface area contributed by atoms with Gasteiger partial charge in [-0.15, -0.1) is 0 Å². The van der Waals surface area contributed by atoms with Crippen molar-refractivity contribution in [3.63, 3.8) is 0 Å². The van der Waals surface area contributed by atoms with Gasteiger partial charge in [-0.1, -0.05) is 0 Å². The summed E-state index contributed by atoms with van der Waals surface area (Å²) >= 11 is 0. The van der Waals surface area contributed by atoms with Crippen molar-refractivity contribution >= 4 is 15.7 Å². The topological polar surface area (TPSA) is 95.7 Å². The van der Waals surface area contributed by atoms with Crippen LogP contribution in [0.1, 0.15) is 19.3 Å². The molecule has 112 valence electrons. The van der Waals surface area contributed by atoms with Crippen LogP contribution in [0.2, 0.25) is 0 Å². The van der Waals surface area contributed by atoms with Crippen LogP contribution < -0.4 is 10.5 Å². The molecule has 7 heteroatoms. The average molecular weight is 299 g/mol. The van der Waals surface area contributed by atoms with Crippen LogP contribution >= 0.6 is 0 Å². The second-order valence-electron chi connectivity index (χ2n) is 5.02. The maximum Gasteiger partial charge on any atom is 0.240 e. The summed E-state index contributed by atoms with van der Waals surface area (Å²) in [6.07, 6.45) is 3.25. The number of phenolic OH excluding ortho intramolecular Hbond substituents is 1. The highest BCUT2D eigenvalue weighted by atomic mass is 32.2. The standard InChI is InChI=1S/C13H21N3O3S/c14-12-10-11(4-5-13(12)17)20(18,19)15-6-3-9-16-7-1-2-8-16/h4-5,10,15,17H,1-3,6-9,14H2. The van der Waals surface area contributed by atoms with Crippen LogP contribution in [0.3, 0.4) is 0 Å². The molecule has 1 saturated heterocycles. The molecule has 0 bridgehead atoms. The van der Waals surface area contributed by atoms with Crippen molar-refractivity contribution in [2.45, 2.75) is 24.2 Å². The van der Waals surface area contributed by atoms with Crippen molar-refractivity contribution < 1.29 is 13.5 Å². The first kappa shape index (κ1) is 15.1. The maximum absolute atomic E-state index is 12.0. The summed E-state index contributed by atoms with van der Waals surface area (Å²) in [5, 5.41) is 9.30. The van der Waals surface area contributed by atoms with Gasteiger partial charge in [0.05, 0.1) is 10.6 Å². The van der Waals surface area contributed by atoms with Crippen molar-refractivity contribution in [3.8, 4) is 5.75 Å². The molecule has 20 heavy (non-hydrogen) atoms. The van der Waals surface area contributed by atoms with E-state index in [9.17, 15) is 13.5 Å². The summed E-state index contributed by atoms with van der Waals surface area (Å²) in [5.41, 5.74) is 5.57. The molecule has 0 amide bonds. The Morgan fingerprint density at radius 3 is 2.65 bits per heavy atom. The molecule has 0 atom stereocenters. The van der Waals surface area contributed by atoms with Crippen LogP contribution in [-0.4, -0.2) is 44.6 Å². The molecule has 0 unspecified atom stereocenters. The number of benzene rings is 1. The third-order valence-electron chi connectivity index (χ3n) is 3.45. The number of hydrogen-bond donors (Lipinski definition) is 3. The van der Waals surface area contributed by atoms with Gasteiger partial charge < -0.3 is 15.7 Å². The normalized spacial score (nSPS) is 16.6. The Labute approximate surface area is 119 Å². The second kappa shape index (κ2) is 6.43. The van der Waals surface area contributed by atoms with Gasteiger partial charge in [-0.25, -0.2) is 13.1 Å². The van der Waals surface area contributed by atoms with Gasteiger partial charge in [-0.2, -0.15) is 0 Å². The van der Waals surface area contributed by atoms with E-state index in [1.54, 1.807) is 0 Å². The molecule has 0 aliphatic carbocycles. The Balaban J connectivity index is 1.85. The third-order valence-corrected chi connectivity index (χ3v) is 4.91. The molecule has 0 spiro atoms. The summed E-state index contributed by atoms with van der Waals surface area (Å²) < 4.78 is 26.6. The minimum Gasteiger partial charge on any atom is -0.506 e. The van der Waals surface area contributed by atoms with Gasteiger partial charge in [-0.05, 0) is 57.1 Å². The number of nitrogens with zero attached hydrogens (tertiary/aromatic N) is 1. The fourth-order valence-corrected chi connectivity index (χ4v) is 3.41. The van der Waals surface area contributed by atoms with Gasteiger partial charge in [0.2, 0.25) is 10.0 Å². The first-order valence-electron chi connectivity index (χ1n) is 6.79. The molecular weight excluding hydrogens is 278 g/mol. The lowest BCUT2D eigenvalue weighted by Gasteiger charge is -2.14. The molecular formula is C13H21N3O3S. The molecule has 1 aliphatic rings. The Kier molecular flexibility index (Phi) is 4.85. The molecule has 0 aromatic heterocycles. The lowest BCUT2D eigenvalue weighted by molar-refractivity contribution is 0.334. The van der Waals surface area contributed by atoms with Gasteiger partial charge in [0.15, 0.2) is 0 Å². The molecule has 6 nitrogen and oxygen atoms in total. The minimum absolute atomic E-state index is 0.0601. The van der Waals surface area contributed by atoms with Crippen molar-refractivity contribution in [3.05, 3.63) is 18.2 Å². The summed E-state index contributed by atoms with van der Waals surface area (Å²) in [6, 6.07) is 3.89. The third kappa shape index (κ3) is 3.84. The summed E-state index contributed by atoms with van der Waals surface area (Å²) in [4.78, 5) is 2.42. The van der Waals surface area contributed by atoms with Gasteiger partial charge >= 0.3 is 0 Å². The SMILES string of the molecule is Nc1cc(S(=O)(=O)NCCCN2CCCC2)ccc1O. The second-order valence-corrected chi connectivity index (χ2v) is 6.79. The van der Waals surface area contributed by atoms with Gasteiger partial charge in [0, 0.05) is 6.54 Å². The van der Waals surface area contributed by atoms with Crippen molar-refractivity contribution in [1.82, 2.24) is 9.62 Å². The fraction of sp³-hybridized carbons (Fsp3) is 0.538. The number of nitrogens with one attached hydrogen (secondary N) is 1. The lowest BCUT2D eigenvalue weighted by Crippen LogP contribution is -2.28. The number of nitrogen functional groups attached to an aromatic ring is 1. The number of rotatable bonds is 6. The molecule has 2 rings (SSSR count). The molecule has 1 aromatic rings. The van der Waals surface area contributed by atoms with Crippen molar-refractivity contribution in [1.29, 1.82) is 0 Å². The lowest BCUT2D eigenvalue weighted by atomic mass is 10.3. The van der Waals surface area contributed by atoms with E-state index in [1.165, 1.54) is 31.0 Å². The quantitative estimate of drug-likeness (QED) is 0.409. The smallest absolute Gasteiger partial charge is 0.240 e. The number of hydrogen-bond acceptors (Lipinski definition) is 5. The van der Waals surface area contributed by atoms with Gasteiger partial charge in [0.25, 0.3) is 0 Å². The first-order valence-corrected chi connectivity index (χ1v) is 8.28. The van der Waals surface area contributed by atoms with Crippen LogP contribution in [0.25, 0.3) is 0 Å². The van der Waals surface area contributed by atoms with Crippen LogP contribution in [0.4, 0.5) is 5.69 Å². The molecule has 0 radical (unpaired) electrons. The van der Waals surface area contributed by atoms with Crippen LogP contribution in [0.15, 0.2) is 23.1 Å². The predicted molar refractivity (Wildman–Crippen MR) is 78.0 cm³/mol. The Bertz CT molecular complexity index is 554. The van der Waals surface area contributed by atoms with E-state index in [0.717, 1.165) is 26.1 Å². The zero-order valence-corrected chi connectivity index (χ0v) is 12.2. The first-order chi connectivity index (χ1) is 9.49. The summed E-state index contributed by atoms with van der Waals surface area (Å²) in [6.45, 7) is 3.54. The predicted octanol–water partition coefficient (Wildman–Crippen LogP) is 0.739. The minimum atomic E-state index is -3.55. The van der Waals surface area contributed by atoms with E-state index in [0.29, 0.717) is 6.54 Å². The molecule has 1 heterocycles. The molecule has 4 N–H and O–H groups in total. The Morgan fingerprint density at radius 2 is 2.00 bits per heavy atom. The fourth-order valence-electron chi connectivity index (χ4n) is 2.30. The van der Waals surface area contributed by atoms with E-state index in [4.69, 9.17) is 5.73 Å². The number of phenols is 1. The molecule has 1 aromatic carbocycles. The zero-order chi connectivity index (χ0) is 14.6. The highest BCUT2D eigenvalue weighted by Gasteiger charge is 2.15. The highest BCUT2D eigenvalue weighted by Crippen LogP contribution is 2.22. The number of anilines is 1. The van der Waals surface area contributed by atoms with Crippen LogP contribution in [-0.2, 0) is 10.0 Å². The van der Waals surface area contributed by atoms with E-state index < -0.39 is 10.0 Å². The Morgan fingerprint density at radius 1 is 1.30 bits per heavy atom. The van der Waals surface area contributed by atoms with Gasteiger partial charge in [-0.3, -0.25) is 0 Å². The largest absolute Gasteiger partial charge is 0.506 e. The monoisotopic (exact) mass is 299 g/mol. The highest BCUT2D eigenvalue weighted by molar-refractivity contribution is 7.89. The van der Waals surface area contributed by atoms with E-state index in [-0.39, 0.29) is 16.3 Å². The van der Waals surface area contributed by atoms with Crippen molar-refractivity contribution in [2.24, 2.45) is 0 Å². The van der Waals surface area contributed by atoms with E-state index in [1.807, 2.05) is 0 Å². The van der Waals surface area contributed by atoms with Crippen LogP contribution in [0, 0.1) is 0 Å². The van der Waals surface area contributed by atoms with Crippen LogP contribution in [0.5, 0.6) is 5.75 Å². The van der Waals surface area contributed by atoms with E-state index in [2.05, 4.69) is 9.62 Å². The average Bonchev–Trinajstić information content (AvgIpc) is 2.91. The number of nitrogens with two attached hydrogens (primary N) is 1. The Hall–Kier alpha value is -1.31. The van der Waals surface area contributed by atoms with E-state index >= 15 is 0 Å². The summed E-state index contributed by atoms with van der Waals surface area (Å²) in [7, 11) is -3.55. The number of aromatic hydroxyl groups is 1. The van der Waals surface area contributed by atoms with Crippen molar-refractivity contribution in [2.75, 3.05) is 31.9 Å². The number of sulfonamides is 1.